The Balaban J connectivity index is 2.11. The van der Waals surface area contributed by atoms with Gasteiger partial charge in [0, 0.05) is 38.0 Å². The molecule has 5 nitrogen and oxygen atoms in total. The fourth-order valence-corrected chi connectivity index (χ4v) is 2.82. The zero-order valence-electron chi connectivity index (χ0n) is 13.0. The molecule has 0 spiro atoms. The normalized spacial score (nSPS) is 14.0. The van der Waals surface area contributed by atoms with Crippen LogP contribution in [-0.2, 0) is 9.59 Å². The van der Waals surface area contributed by atoms with Crippen LogP contribution in [0.5, 0.6) is 5.75 Å². The van der Waals surface area contributed by atoms with Crippen LogP contribution in [0.25, 0.3) is 0 Å². The lowest BCUT2D eigenvalue weighted by atomic mass is 10.2. The molecule has 0 saturated carbocycles. The lowest BCUT2D eigenvalue weighted by molar-refractivity contribution is -0.129. The molecular weight excluding hydrogens is 304 g/mol. The van der Waals surface area contributed by atoms with E-state index in [9.17, 15) is 9.59 Å². The summed E-state index contributed by atoms with van der Waals surface area (Å²) in [7, 11) is 1.54. The quantitative estimate of drug-likeness (QED) is 0.836. The van der Waals surface area contributed by atoms with Crippen molar-refractivity contribution in [3.63, 3.8) is 0 Å². The van der Waals surface area contributed by atoms with E-state index >= 15 is 0 Å². The number of hydrogen-bond donors (Lipinski definition) is 0. The van der Waals surface area contributed by atoms with Gasteiger partial charge in [0.2, 0.25) is 11.8 Å². The maximum absolute atomic E-state index is 12.2. The number of carbonyl (C=O) groups excluding carboxylic acids is 2. The molecule has 2 rings (SSSR count). The van der Waals surface area contributed by atoms with Crippen molar-refractivity contribution in [2.75, 3.05) is 31.6 Å². The maximum atomic E-state index is 12.2. The van der Waals surface area contributed by atoms with Crippen molar-refractivity contribution in [2.24, 2.45) is 0 Å². The molecule has 2 amide bonds. The van der Waals surface area contributed by atoms with Crippen LogP contribution in [0.15, 0.2) is 18.2 Å². The maximum Gasteiger partial charge on any atom is 0.224 e. The molecule has 1 heterocycles. The van der Waals surface area contributed by atoms with Crippen LogP contribution in [-0.4, -0.2) is 43.5 Å². The SMILES string of the molecule is COc1ccc(Cl)cc1N(CCC(=O)N1CCCC1)C(C)=O. The fraction of sp³-hybridized carbons (Fsp3) is 0.500. The van der Waals surface area contributed by atoms with E-state index < -0.39 is 0 Å². The third kappa shape index (κ3) is 3.91. The van der Waals surface area contributed by atoms with E-state index in [2.05, 4.69) is 0 Å². The fourth-order valence-electron chi connectivity index (χ4n) is 2.65. The van der Waals surface area contributed by atoms with Crippen LogP contribution in [0.2, 0.25) is 5.02 Å². The molecule has 1 fully saturated rings. The van der Waals surface area contributed by atoms with Crippen molar-refractivity contribution in [1.29, 1.82) is 0 Å². The number of hydrogen-bond acceptors (Lipinski definition) is 3. The zero-order valence-corrected chi connectivity index (χ0v) is 13.7. The van der Waals surface area contributed by atoms with Crippen LogP contribution < -0.4 is 9.64 Å². The van der Waals surface area contributed by atoms with Gasteiger partial charge in [0.15, 0.2) is 0 Å². The molecule has 0 bridgehead atoms. The van der Waals surface area contributed by atoms with E-state index in [1.54, 1.807) is 30.2 Å². The van der Waals surface area contributed by atoms with Crippen molar-refractivity contribution < 1.29 is 14.3 Å². The van der Waals surface area contributed by atoms with Crippen molar-refractivity contribution in [3.05, 3.63) is 23.2 Å². The average molecular weight is 325 g/mol. The Bertz CT molecular complexity index is 556. The molecule has 0 N–H and O–H groups in total. The minimum absolute atomic E-state index is 0.0877. The second-order valence-electron chi connectivity index (χ2n) is 5.32. The Morgan fingerprint density at radius 3 is 2.59 bits per heavy atom. The standard InChI is InChI=1S/C16H21ClN2O3/c1-12(20)19(10-7-16(21)18-8-3-4-9-18)14-11-13(17)5-6-15(14)22-2/h5-6,11H,3-4,7-10H2,1-2H3. The summed E-state index contributed by atoms with van der Waals surface area (Å²) in [5.74, 6) is 0.507. The molecule has 1 aliphatic heterocycles. The third-order valence-electron chi connectivity index (χ3n) is 3.82. The summed E-state index contributed by atoms with van der Waals surface area (Å²) in [6.07, 6.45) is 2.42. The molecule has 1 saturated heterocycles. The number of halogens is 1. The van der Waals surface area contributed by atoms with Gasteiger partial charge < -0.3 is 14.5 Å². The molecule has 0 unspecified atom stereocenters. The lowest BCUT2D eigenvalue weighted by Gasteiger charge is -2.24. The smallest absolute Gasteiger partial charge is 0.224 e. The lowest BCUT2D eigenvalue weighted by Crippen LogP contribution is -2.35. The molecule has 6 heteroatoms. The molecule has 0 aliphatic carbocycles. The van der Waals surface area contributed by atoms with Crippen LogP contribution in [0, 0.1) is 0 Å². The summed E-state index contributed by atoms with van der Waals surface area (Å²) < 4.78 is 5.29. The summed E-state index contributed by atoms with van der Waals surface area (Å²) in [4.78, 5) is 27.5. The van der Waals surface area contributed by atoms with E-state index in [4.69, 9.17) is 16.3 Å². The third-order valence-corrected chi connectivity index (χ3v) is 4.05. The highest BCUT2D eigenvalue weighted by atomic mass is 35.5. The molecule has 22 heavy (non-hydrogen) atoms. The number of amides is 2. The number of benzene rings is 1. The minimum atomic E-state index is -0.144. The van der Waals surface area contributed by atoms with Crippen LogP contribution in [0.1, 0.15) is 26.2 Å². The molecule has 0 atom stereocenters. The monoisotopic (exact) mass is 324 g/mol. The highest BCUT2D eigenvalue weighted by Gasteiger charge is 2.21. The zero-order chi connectivity index (χ0) is 16.1. The van der Waals surface area contributed by atoms with Crippen molar-refractivity contribution in [1.82, 2.24) is 4.90 Å². The summed E-state index contributed by atoms with van der Waals surface area (Å²) >= 11 is 6.02. The van der Waals surface area contributed by atoms with Crippen molar-refractivity contribution in [3.8, 4) is 5.75 Å². The Morgan fingerprint density at radius 1 is 1.32 bits per heavy atom. The predicted octanol–water partition coefficient (Wildman–Crippen LogP) is 2.71. The summed E-state index contributed by atoms with van der Waals surface area (Å²) in [6, 6.07) is 5.11. The van der Waals surface area contributed by atoms with Gasteiger partial charge in [-0.05, 0) is 31.0 Å². The second kappa shape index (κ2) is 7.49. The number of methoxy groups -OCH3 is 1. The van der Waals surface area contributed by atoms with Crippen LogP contribution >= 0.6 is 11.6 Å². The first-order chi connectivity index (χ1) is 10.5. The number of carbonyl (C=O) groups is 2. The van der Waals surface area contributed by atoms with Gasteiger partial charge in [0.1, 0.15) is 5.75 Å². The largest absolute Gasteiger partial charge is 0.495 e. The minimum Gasteiger partial charge on any atom is -0.495 e. The molecule has 1 aromatic carbocycles. The van der Waals surface area contributed by atoms with Crippen molar-refractivity contribution in [2.45, 2.75) is 26.2 Å². The first-order valence-corrected chi connectivity index (χ1v) is 7.80. The van der Waals surface area contributed by atoms with Gasteiger partial charge >= 0.3 is 0 Å². The van der Waals surface area contributed by atoms with E-state index in [1.165, 1.54) is 6.92 Å². The molecule has 0 radical (unpaired) electrons. The van der Waals surface area contributed by atoms with Gasteiger partial charge in [-0.25, -0.2) is 0 Å². The van der Waals surface area contributed by atoms with Gasteiger partial charge in [0.05, 0.1) is 12.8 Å². The van der Waals surface area contributed by atoms with Crippen molar-refractivity contribution >= 4 is 29.1 Å². The van der Waals surface area contributed by atoms with E-state index in [0.29, 0.717) is 29.4 Å². The Hall–Kier alpha value is -1.75. The van der Waals surface area contributed by atoms with E-state index in [-0.39, 0.29) is 11.8 Å². The summed E-state index contributed by atoms with van der Waals surface area (Å²) in [5, 5.41) is 0.521. The number of likely N-dealkylation sites (tertiary alicyclic amines) is 1. The average Bonchev–Trinajstić information content (AvgIpc) is 3.01. The Morgan fingerprint density at radius 2 is 2.00 bits per heavy atom. The van der Waals surface area contributed by atoms with Gasteiger partial charge in [-0.2, -0.15) is 0 Å². The summed E-state index contributed by atoms with van der Waals surface area (Å²) in [6.45, 7) is 3.43. The first kappa shape index (κ1) is 16.6. The highest BCUT2D eigenvalue weighted by molar-refractivity contribution is 6.31. The number of rotatable bonds is 5. The Kier molecular flexibility index (Phi) is 5.66. The van der Waals surface area contributed by atoms with Gasteiger partial charge in [-0.1, -0.05) is 11.6 Å². The van der Waals surface area contributed by atoms with E-state index in [0.717, 1.165) is 25.9 Å². The number of nitrogens with zero attached hydrogens (tertiary/aromatic N) is 2. The second-order valence-corrected chi connectivity index (χ2v) is 5.76. The predicted molar refractivity (Wildman–Crippen MR) is 86.5 cm³/mol. The van der Waals surface area contributed by atoms with Gasteiger partial charge in [-0.15, -0.1) is 0 Å². The highest BCUT2D eigenvalue weighted by Crippen LogP contribution is 2.31. The van der Waals surface area contributed by atoms with Crippen LogP contribution in [0.4, 0.5) is 5.69 Å². The molecule has 1 aromatic rings. The number of anilines is 1. The Labute approximate surface area is 135 Å². The molecular formula is C16H21ClN2O3. The number of ether oxygens (including phenoxy) is 1. The topological polar surface area (TPSA) is 49.9 Å². The van der Waals surface area contributed by atoms with E-state index in [1.807, 2.05) is 4.90 Å². The molecule has 120 valence electrons. The first-order valence-electron chi connectivity index (χ1n) is 7.42. The van der Waals surface area contributed by atoms with Gasteiger partial charge in [-0.3, -0.25) is 9.59 Å². The molecule has 0 aromatic heterocycles. The molecule has 1 aliphatic rings. The van der Waals surface area contributed by atoms with Crippen LogP contribution in [0.3, 0.4) is 0 Å². The van der Waals surface area contributed by atoms with Gasteiger partial charge in [0.25, 0.3) is 0 Å². The summed E-state index contributed by atoms with van der Waals surface area (Å²) in [5.41, 5.74) is 0.594.